The van der Waals surface area contributed by atoms with Crippen LogP contribution in [-0.4, -0.2) is 30.3 Å². The van der Waals surface area contributed by atoms with E-state index in [4.69, 9.17) is 4.74 Å². The van der Waals surface area contributed by atoms with E-state index in [9.17, 15) is 9.90 Å². The number of nitrogens with one attached hydrogen (secondary N) is 1. The van der Waals surface area contributed by atoms with Crippen LogP contribution in [0.15, 0.2) is 24.3 Å². The fraction of sp³-hybridized carbons (Fsp3) is 0.533. The molecule has 0 aliphatic carbocycles. The number of carbonyl (C=O) groups is 1. The average Bonchev–Trinajstić information content (AvgIpc) is 2.40. The lowest BCUT2D eigenvalue weighted by Gasteiger charge is -2.10. The number of para-hydroxylation sites is 1. The molecule has 1 amide bonds. The zero-order valence-corrected chi connectivity index (χ0v) is 11.7. The number of aliphatic hydroxyl groups excluding tert-OH is 1. The van der Waals surface area contributed by atoms with Crippen molar-refractivity contribution in [3.8, 4) is 5.75 Å². The molecule has 1 aromatic carbocycles. The van der Waals surface area contributed by atoms with Gasteiger partial charge in [0.2, 0.25) is 5.91 Å². The maximum absolute atomic E-state index is 11.5. The van der Waals surface area contributed by atoms with E-state index in [0.29, 0.717) is 32.4 Å². The summed E-state index contributed by atoms with van der Waals surface area (Å²) in [6.45, 7) is 4.77. The van der Waals surface area contributed by atoms with Gasteiger partial charge in [-0.15, -0.1) is 0 Å². The summed E-state index contributed by atoms with van der Waals surface area (Å²) in [6, 6.07) is 7.73. The summed E-state index contributed by atoms with van der Waals surface area (Å²) in [4.78, 5) is 11.5. The fourth-order valence-electron chi connectivity index (χ4n) is 1.64. The third-order valence-corrected chi connectivity index (χ3v) is 2.95. The highest BCUT2D eigenvalue weighted by molar-refractivity contribution is 5.75. The van der Waals surface area contributed by atoms with E-state index in [2.05, 4.69) is 5.32 Å². The number of amides is 1. The SMILES string of the molecule is CCC(O)CCNC(=O)CCOc1ccccc1C. The Labute approximate surface area is 114 Å². The summed E-state index contributed by atoms with van der Waals surface area (Å²) in [6.07, 6.45) is 1.31. The summed E-state index contributed by atoms with van der Waals surface area (Å²) in [5, 5.41) is 12.1. The van der Waals surface area contributed by atoms with Gasteiger partial charge in [-0.1, -0.05) is 25.1 Å². The molecule has 0 aromatic heterocycles. The maximum atomic E-state index is 11.5. The van der Waals surface area contributed by atoms with Crippen LogP contribution in [-0.2, 0) is 4.79 Å². The Bertz CT molecular complexity index is 393. The van der Waals surface area contributed by atoms with Crippen molar-refractivity contribution in [1.29, 1.82) is 0 Å². The first-order chi connectivity index (χ1) is 9.13. The highest BCUT2D eigenvalue weighted by Gasteiger charge is 2.05. The van der Waals surface area contributed by atoms with Gasteiger partial charge in [0.1, 0.15) is 5.75 Å². The topological polar surface area (TPSA) is 58.6 Å². The van der Waals surface area contributed by atoms with Crippen LogP contribution in [0.5, 0.6) is 5.75 Å². The smallest absolute Gasteiger partial charge is 0.223 e. The lowest BCUT2D eigenvalue weighted by Crippen LogP contribution is -2.28. The van der Waals surface area contributed by atoms with Crippen LogP contribution in [0.3, 0.4) is 0 Å². The molecule has 0 heterocycles. The van der Waals surface area contributed by atoms with Crippen LogP contribution in [0.4, 0.5) is 0 Å². The molecule has 4 heteroatoms. The van der Waals surface area contributed by atoms with Crippen LogP contribution in [0.2, 0.25) is 0 Å². The van der Waals surface area contributed by atoms with Crippen LogP contribution < -0.4 is 10.1 Å². The van der Waals surface area contributed by atoms with Gasteiger partial charge in [0.05, 0.1) is 19.1 Å². The molecule has 106 valence electrons. The molecule has 0 saturated heterocycles. The second kappa shape index (κ2) is 8.53. The van der Waals surface area contributed by atoms with Crippen molar-refractivity contribution in [1.82, 2.24) is 5.32 Å². The van der Waals surface area contributed by atoms with Crippen molar-refractivity contribution in [3.63, 3.8) is 0 Å². The molecule has 0 fully saturated rings. The Balaban J connectivity index is 2.15. The van der Waals surface area contributed by atoms with Gasteiger partial charge >= 0.3 is 0 Å². The quantitative estimate of drug-likeness (QED) is 0.756. The number of carbonyl (C=O) groups excluding carboxylic acids is 1. The van der Waals surface area contributed by atoms with Crippen LogP contribution in [0.25, 0.3) is 0 Å². The Kier molecular flexibility index (Phi) is 6.97. The van der Waals surface area contributed by atoms with E-state index >= 15 is 0 Å². The van der Waals surface area contributed by atoms with Crippen molar-refractivity contribution in [3.05, 3.63) is 29.8 Å². The van der Waals surface area contributed by atoms with Gasteiger partial charge in [-0.25, -0.2) is 0 Å². The molecule has 1 aromatic rings. The molecule has 19 heavy (non-hydrogen) atoms. The second-order valence-electron chi connectivity index (χ2n) is 4.56. The molecule has 1 rings (SSSR count). The van der Waals surface area contributed by atoms with Crippen molar-refractivity contribution < 1.29 is 14.6 Å². The summed E-state index contributed by atoms with van der Waals surface area (Å²) in [5.74, 6) is 0.772. The van der Waals surface area contributed by atoms with Gasteiger partial charge in [-0.2, -0.15) is 0 Å². The highest BCUT2D eigenvalue weighted by atomic mass is 16.5. The summed E-state index contributed by atoms with van der Waals surface area (Å²) >= 11 is 0. The molecule has 1 atom stereocenters. The monoisotopic (exact) mass is 265 g/mol. The Hall–Kier alpha value is -1.55. The van der Waals surface area contributed by atoms with Crippen molar-refractivity contribution >= 4 is 5.91 Å². The molecule has 0 bridgehead atoms. The maximum Gasteiger partial charge on any atom is 0.223 e. The molecule has 4 nitrogen and oxygen atoms in total. The van der Waals surface area contributed by atoms with Crippen molar-refractivity contribution in [2.24, 2.45) is 0 Å². The molecule has 0 spiro atoms. The first-order valence-electron chi connectivity index (χ1n) is 6.76. The molecule has 0 aliphatic rings. The molecule has 0 radical (unpaired) electrons. The standard InChI is InChI=1S/C15H23NO3/c1-3-13(17)8-10-16-15(18)9-11-19-14-7-5-4-6-12(14)2/h4-7,13,17H,3,8-11H2,1-2H3,(H,16,18). The van der Waals surface area contributed by atoms with Crippen LogP contribution in [0, 0.1) is 6.92 Å². The minimum absolute atomic E-state index is 0.0445. The first-order valence-corrected chi connectivity index (χ1v) is 6.76. The minimum atomic E-state index is -0.330. The molecular weight excluding hydrogens is 242 g/mol. The molecule has 1 unspecified atom stereocenters. The average molecular weight is 265 g/mol. The lowest BCUT2D eigenvalue weighted by molar-refractivity contribution is -0.121. The number of benzene rings is 1. The molecule has 0 aliphatic heterocycles. The van der Waals surface area contributed by atoms with Crippen molar-refractivity contribution in [2.75, 3.05) is 13.2 Å². The summed E-state index contributed by atoms with van der Waals surface area (Å²) < 4.78 is 5.55. The molecular formula is C15H23NO3. The number of hydrogen-bond acceptors (Lipinski definition) is 3. The van der Waals surface area contributed by atoms with Gasteiger partial charge in [-0.3, -0.25) is 4.79 Å². The van der Waals surface area contributed by atoms with Gasteiger partial charge in [0.15, 0.2) is 0 Å². The van der Waals surface area contributed by atoms with E-state index in [1.165, 1.54) is 0 Å². The molecule has 2 N–H and O–H groups in total. The third kappa shape index (κ3) is 6.25. The lowest BCUT2D eigenvalue weighted by atomic mass is 10.2. The Morgan fingerprint density at radius 1 is 1.42 bits per heavy atom. The van der Waals surface area contributed by atoms with Gasteiger partial charge in [0, 0.05) is 6.54 Å². The predicted octanol–water partition coefficient (Wildman–Crippen LogP) is 2.04. The van der Waals surface area contributed by atoms with E-state index in [1.807, 2.05) is 38.1 Å². The fourth-order valence-corrected chi connectivity index (χ4v) is 1.64. The second-order valence-corrected chi connectivity index (χ2v) is 4.56. The van der Waals surface area contributed by atoms with Crippen LogP contribution >= 0.6 is 0 Å². The number of aryl methyl sites for hydroxylation is 1. The minimum Gasteiger partial charge on any atom is -0.493 e. The van der Waals surface area contributed by atoms with Gasteiger partial charge in [-0.05, 0) is 31.4 Å². The number of rotatable bonds is 8. The largest absolute Gasteiger partial charge is 0.493 e. The molecule has 0 saturated carbocycles. The third-order valence-electron chi connectivity index (χ3n) is 2.95. The predicted molar refractivity (Wildman–Crippen MR) is 75.2 cm³/mol. The zero-order valence-electron chi connectivity index (χ0n) is 11.7. The first kappa shape index (κ1) is 15.5. The van der Waals surface area contributed by atoms with Crippen LogP contribution in [0.1, 0.15) is 31.7 Å². The van der Waals surface area contributed by atoms with Gasteiger partial charge < -0.3 is 15.2 Å². The Morgan fingerprint density at radius 2 is 2.16 bits per heavy atom. The van der Waals surface area contributed by atoms with E-state index in [1.54, 1.807) is 0 Å². The number of hydrogen-bond donors (Lipinski definition) is 2. The normalized spacial score (nSPS) is 11.9. The number of aliphatic hydroxyl groups is 1. The summed E-state index contributed by atoms with van der Waals surface area (Å²) in [7, 11) is 0. The Morgan fingerprint density at radius 3 is 2.84 bits per heavy atom. The summed E-state index contributed by atoms with van der Waals surface area (Å²) in [5.41, 5.74) is 1.06. The van der Waals surface area contributed by atoms with E-state index in [0.717, 1.165) is 11.3 Å². The highest BCUT2D eigenvalue weighted by Crippen LogP contribution is 2.16. The zero-order chi connectivity index (χ0) is 14.1. The van der Waals surface area contributed by atoms with E-state index in [-0.39, 0.29) is 12.0 Å². The van der Waals surface area contributed by atoms with E-state index < -0.39 is 0 Å². The number of ether oxygens (including phenoxy) is 1. The van der Waals surface area contributed by atoms with Crippen molar-refractivity contribution in [2.45, 2.75) is 39.2 Å². The van der Waals surface area contributed by atoms with Gasteiger partial charge in [0.25, 0.3) is 0 Å².